The summed E-state index contributed by atoms with van der Waals surface area (Å²) < 4.78 is 0. The maximum Gasteiger partial charge on any atom is 0.227 e. The number of pyridine rings is 1. The Hall–Kier alpha value is -3.02. The van der Waals surface area contributed by atoms with Gasteiger partial charge in [-0.2, -0.15) is 0 Å². The van der Waals surface area contributed by atoms with Gasteiger partial charge in [0.05, 0.1) is 23.6 Å². The topological polar surface area (TPSA) is 79.2 Å². The van der Waals surface area contributed by atoms with E-state index in [4.69, 9.17) is 0 Å². The van der Waals surface area contributed by atoms with Crippen LogP contribution in [0.25, 0.3) is 22.4 Å². The third kappa shape index (κ3) is 2.67. The van der Waals surface area contributed by atoms with E-state index in [0.717, 1.165) is 30.6 Å². The number of benzene rings is 1. The van der Waals surface area contributed by atoms with Crippen LogP contribution in [0.2, 0.25) is 0 Å². The number of phenolic OH excluding ortho intramolecular Hbond substituents is 1. The van der Waals surface area contributed by atoms with E-state index in [1.807, 2.05) is 6.07 Å². The van der Waals surface area contributed by atoms with Gasteiger partial charge in [-0.25, -0.2) is 9.97 Å². The second-order valence-corrected chi connectivity index (χ2v) is 5.84. The van der Waals surface area contributed by atoms with E-state index in [-0.39, 0.29) is 11.7 Å². The lowest BCUT2D eigenvalue weighted by Crippen LogP contribution is -2.35. The monoisotopic (exact) mass is 320 g/mol. The van der Waals surface area contributed by atoms with Crippen LogP contribution < -0.4 is 4.90 Å². The van der Waals surface area contributed by atoms with E-state index in [0.29, 0.717) is 23.3 Å². The van der Waals surface area contributed by atoms with Gasteiger partial charge in [0.2, 0.25) is 5.91 Å². The van der Waals surface area contributed by atoms with Gasteiger partial charge in [-0.1, -0.05) is 0 Å². The van der Waals surface area contributed by atoms with Crippen LogP contribution in [0, 0.1) is 0 Å². The number of aromatic nitrogens is 3. The molecule has 0 unspecified atom stereocenters. The SMILES string of the molecule is O=C1CCCCN1c1cnc2cnc(-c3ccc(O)cc3)nc2c1. The zero-order valence-corrected chi connectivity index (χ0v) is 13.0. The largest absolute Gasteiger partial charge is 0.508 e. The van der Waals surface area contributed by atoms with Crippen LogP contribution in [-0.4, -0.2) is 32.5 Å². The lowest BCUT2D eigenvalue weighted by atomic mass is 10.1. The van der Waals surface area contributed by atoms with Crippen molar-refractivity contribution in [1.29, 1.82) is 0 Å². The molecule has 6 nitrogen and oxygen atoms in total. The molecule has 4 rings (SSSR count). The Morgan fingerprint density at radius 1 is 1.00 bits per heavy atom. The number of phenols is 1. The van der Waals surface area contributed by atoms with Gasteiger partial charge in [-0.3, -0.25) is 9.78 Å². The number of rotatable bonds is 2. The first-order valence-corrected chi connectivity index (χ1v) is 7.93. The fourth-order valence-electron chi connectivity index (χ4n) is 2.88. The molecule has 1 aliphatic heterocycles. The summed E-state index contributed by atoms with van der Waals surface area (Å²) in [5, 5.41) is 9.39. The highest BCUT2D eigenvalue weighted by Crippen LogP contribution is 2.25. The molecule has 3 heterocycles. The van der Waals surface area contributed by atoms with Gasteiger partial charge >= 0.3 is 0 Å². The molecule has 120 valence electrons. The van der Waals surface area contributed by atoms with E-state index < -0.39 is 0 Å². The summed E-state index contributed by atoms with van der Waals surface area (Å²) in [5.41, 5.74) is 2.98. The minimum Gasteiger partial charge on any atom is -0.508 e. The number of carbonyl (C=O) groups excluding carboxylic acids is 1. The number of amides is 1. The predicted octanol–water partition coefficient (Wildman–Crippen LogP) is 2.91. The summed E-state index contributed by atoms with van der Waals surface area (Å²) in [7, 11) is 0. The van der Waals surface area contributed by atoms with Crippen LogP contribution in [0.4, 0.5) is 5.69 Å². The van der Waals surface area contributed by atoms with Crippen molar-refractivity contribution in [2.24, 2.45) is 0 Å². The molecule has 6 heteroatoms. The van der Waals surface area contributed by atoms with Crippen LogP contribution in [0.1, 0.15) is 19.3 Å². The molecule has 0 radical (unpaired) electrons. The number of piperidine rings is 1. The first-order valence-electron chi connectivity index (χ1n) is 7.93. The van der Waals surface area contributed by atoms with Crippen LogP contribution >= 0.6 is 0 Å². The summed E-state index contributed by atoms with van der Waals surface area (Å²) >= 11 is 0. The molecule has 0 spiro atoms. The Bertz CT molecular complexity index is 909. The summed E-state index contributed by atoms with van der Waals surface area (Å²) in [6.07, 6.45) is 5.91. The highest BCUT2D eigenvalue weighted by molar-refractivity contribution is 5.95. The molecule has 0 saturated carbocycles. The van der Waals surface area contributed by atoms with Crippen molar-refractivity contribution in [2.75, 3.05) is 11.4 Å². The second-order valence-electron chi connectivity index (χ2n) is 5.84. The number of fused-ring (bicyclic) bond motifs is 1. The van der Waals surface area contributed by atoms with Crippen LogP contribution in [-0.2, 0) is 4.79 Å². The number of anilines is 1. The number of aromatic hydroxyl groups is 1. The molecular weight excluding hydrogens is 304 g/mol. The maximum absolute atomic E-state index is 12.1. The minimum absolute atomic E-state index is 0.134. The van der Waals surface area contributed by atoms with E-state index in [1.165, 1.54) is 0 Å². The number of hydrogen-bond donors (Lipinski definition) is 1. The fraction of sp³-hybridized carbons (Fsp3) is 0.222. The molecule has 1 fully saturated rings. The highest BCUT2D eigenvalue weighted by Gasteiger charge is 2.20. The molecule has 1 saturated heterocycles. The summed E-state index contributed by atoms with van der Waals surface area (Å²) in [6, 6.07) is 8.62. The molecule has 0 atom stereocenters. The van der Waals surface area contributed by atoms with Crippen molar-refractivity contribution < 1.29 is 9.90 Å². The average molecular weight is 320 g/mol. The summed E-state index contributed by atoms with van der Waals surface area (Å²) in [5.74, 6) is 0.897. The van der Waals surface area contributed by atoms with Crippen LogP contribution in [0.3, 0.4) is 0 Å². The zero-order valence-electron chi connectivity index (χ0n) is 13.0. The third-order valence-corrected chi connectivity index (χ3v) is 4.18. The number of nitrogens with zero attached hydrogens (tertiary/aromatic N) is 4. The van der Waals surface area contributed by atoms with Crippen molar-refractivity contribution in [2.45, 2.75) is 19.3 Å². The molecule has 3 aromatic rings. The molecule has 24 heavy (non-hydrogen) atoms. The smallest absolute Gasteiger partial charge is 0.227 e. The van der Waals surface area contributed by atoms with Crippen molar-refractivity contribution in [1.82, 2.24) is 15.0 Å². The molecule has 1 amide bonds. The number of carbonyl (C=O) groups is 1. The Balaban J connectivity index is 1.75. The fourth-order valence-corrected chi connectivity index (χ4v) is 2.88. The quantitative estimate of drug-likeness (QED) is 0.785. The Morgan fingerprint density at radius 3 is 2.62 bits per heavy atom. The van der Waals surface area contributed by atoms with Gasteiger partial charge in [0, 0.05) is 18.5 Å². The average Bonchev–Trinajstić information content (AvgIpc) is 2.62. The van der Waals surface area contributed by atoms with Gasteiger partial charge in [-0.05, 0) is 43.2 Å². The standard InChI is InChI=1S/C18H16N4O2/c23-14-6-4-12(5-7-14)18-20-11-16-15(21-18)9-13(10-19-16)22-8-2-1-3-17(22)24/h4-7,9-11,23H,1-3,8H2. The first kappa shape index (κ1) is 14.6. The number of hydrogen-bond acceptors (Lipinski definition) is 5. The summed E-state index contributed by atoms with van der Waals surface area (Å²) in [4.78, 5) is 27.1. The summed E-state index contributed by atoms with van der Waals surface area (Å²) in [6.45, 7) is 0.724. The zero-order chi connectivity index (χ0) is 16.5. The second kappa shape index (κ2) is 5.88. The van der Waals surface area contributed by atoms with Gasteiger partial charge in [-0.15, -0.1) is 0 Å². The van der Waals surface area contributed by atoms with E-state index in [9.17, 15) is 9.90 Å². The molecule has 1 aromatic carbocycles. The Labute approximate surface area is 138 Å². The van der Waals surface area contributed by atoms with Gasteiger partial charge in [0.1, 0.15) is 11.3 Å². The highest BCUT2D eigenvalue weighted by atomic mass is 16.3. The van der Waals surface area contributed by atoms with Crippen molar-refractivity contribution >= 4 is 22.6 Å². The maximum atomic E-state index is 12.1. The molecule has 0 bridgehead atoms. The van der Waals surface area contributed by atoms with Crippen LogP contribution in [0.5, 0.6) is 5.75 Å². The first-order chi connectivity index (χ1) is 11.7. The van der Waals surface area contributed by atoms with Crippen molar-refractivity contribution in [3.63, 3.8) is 0 Å². The van der Waals surface area contributed by atoms with E-state index in [2.05, 4.69) is 15.0 Å². The van der Waals surface area contributed by atoms with E-state index >= 15 is 0 Å². The Morgan fingerprint density at radius 2 is 1.83 bits per heavy atom. The van der Waals surface area contributed by atoms with Crippen molar-refractivity contribution in [3.8, 4) is 17.1 Å². The van der Waals surface area contributed by atoms with Gasteiger partial charge < -0.3 is 10.0 Å². The van der Waals surface area contributed by atoms with Gasteiger partial charge in [0.25, 0.3) is 0 Å². The lowest BCUT2D eigenvalue weighted by molar-refractivity contribution is -0.119. The minimum atomic E-state index is 0.134. The molecule has 0 aliphatic carbocycles. The normalized spacial score (nSPS) is 15.0. The van der Waals surface area contributed by atoms with E-state index in [1.54, 1.807) is 41.6 Å². The molecule has 1 aliphatic rings. The third-order valence-electron chi connectivity index (χ3n) is 4.18. The molecule has 1 N–H and O–H groups in total. The predicted molar refractivity (Wildman–Crippen MR) is 90.6 cm³/mol. The van der Waals surface area contributed by atoms with Crippen LogP contribution in [0.15, 0.2) is 42.7 Å². The lowest BCUT2D eigenvalue weighted by Gasteiger charge is -2.26. The van der Waals surface area contributed by atoms with Crippen molar-refractivity contribution in [3.05, 3.63) is 42.7 Å². The molecular formula is C18H16N4O2. The molecule has 2 aromatic heterocycles. The van der Waals surface area contributed by atoms with Gasteiger partial charge in [0.15, 0.2) is 5.82 Å². The Kier molecular flexibility index (Phi) is 3.57.